The van der Waals surface area contributed by atoms with Crippen LogP contribution in [0.3, 0.4) is 0 Å². The summed E-state index contributed by atoms with van der Waals surface area (Å²) in [6.45, 7) is 4.75. The second kappa shape index (κ2) is 59.8. The Labute approximate surface area is 485 Å². The number of likely N-dealkylation sites (N-methyl/N-ethyl adjacent to an activating group) is 1. The molecule has 3 unspecified atom stereocenters. The first kappa shape index (κ1) is 76.2. The molecule has 0 aromatic heterocycles. The van der Waals surface area contributed by atoms with Crippen molar-refractivity contribution in [1.29, 1.82) is 0 Å². The molecule has 0 saturated carbocycles. The van der Waals surface area contributed by atoms with Gasteiger partial charge in [0.2, 0.25) is 5.91 Å². The van der Waals surface area contributed by atoms with E-state index in [1.165, 1.54) is 238 Å². The second-order valence-electron chi connectivity index (χ2n) is 24.2. The van der Waals surface area contributed by atoms with Gasteiger partial charge in [-0.3, -0.25) is 13.8 Å². The minimum Gasteiger partial charge on any atom is -0.387 e. The van der Waals surface area contributed by atoms with E-state index in [1.54, 1.807) is 6.08 Å². The molecule has 0 radical (unpaired) electrons. The first-order chi connectivity index (χ1) is 38.0. The predicted octanol–water partition coefficient (Wildman–Crippen LogP) is 21.2. The number of unbranched alkanes of at least 4 members (excludes halogenated alkanes) is 41. The Bertz CT molecular complexity index is 1450. The van der Waals surface area contributed by atoms with E-state index in [9.17, 15) is 19.4 Å². The summed E-state index contributed by atoms with van der Waals surface area (Å²) in [4.78, 5) is 23.4. The molecular weight excluding hydrogens is 984 g/mol. The number of aliphatic hydroxyl groups is 1. The summed E-state index contributed by atoms with van der Waals surface area (Å²) in [6, 6.07) is -0.848. The monoisotopic (exact) mass is 1120 g/mol. The number of phosphoric ester groups is 1. The van der Waals surface area contributed by atoms with Crippen molar-refractivity contribution in [3.63, 3.8) is 0 Å². The highest BCUT2D eigenvalue weighted by molar-refractivity contribution is 7.47. The van der Waals surface area contributed by atoms with Crippen LogP contribution in [0.15, 0.2) is 60.8 Å². The van der Waals surface area contributed by atoms with E-state index in [0.717, 1.165) is 64.2 Å². The average molecular weight is 1120 g/mol. The molecule has 3 atom stereocenters. The fraction of sp³-hybridized carbons (Fsp3) is 0.841. The number of nitrogens with one attached hydrogen (secondary N) is 1. The number of quaternary nitrogens is 1. The number of amides is 1. The van der Waals surface area contributed by atoms with Gasteiger partial charge in [-0.2, -0.15) is 0 Å². The van der Waals surface area contributed by atoms with Gasteiger partial charge in [-0.05, 0) is 57.8 Å². The third kappa shape index (κ3) is 61.8. The van der Waals surface area contributed by atoms with Crippen molar-refractivity contribution in [3.05, 3.63) is 60.8 Å². The van der Waals surface area contributed by atoms with Gasteiger partial charge in [0.15, 0.2) is 0 Å². The number of hydrogen-bond acceptors (Lipinski definition) is 5. The summed E-state index contributed by atoms with van der Waals surface area (Å²) in [7, 11) is 1.58. The summed E-state index contributed by atoms with van der Waals surface area (Å²) in [5, 5.41) is 14.0. The van der Waals surface area contributed by atoms with E-state index in [2.05, 4.69) is 67.8 Å². The largest absolute Gasteiger partial charge is 0.472 e. The van der Waals surface area contributed by atoms with Crippen LogP contribution in [0.2, 0.25) is 0 Å². The highest BCUT2D eigenvalue weighted by atomic mass is 31.2. The number of carbonyl (C=O) groups excluding carboxylic acids is 1. The van der Waals surface area contributed by atoms with Gasteiger partial charge in [-0.15, -0.1) is 0 Å². The smallest absolute Gasteiger partial charge is 0.387 e. The molecule has 78 heavy (non-hydrogen) atoms. The molecule has 0 saturated heterocycles. The Morgan fingerprint density at radius 2 is 0.769 bits per heavy atom. The number of allylic oxidation sites excluding steroid dienone is 9. The van der Waals surface area contributed by atoms with Gasteiger partial charge in [-0.1, -0.05) is 319 Å². The molecule has 0 aromatic carbocycles. The van der Waals surface area contributed by atoms with Crippen molar-refractivity contribution in [2.24, 2.45) is 0 Å². The predicted molar refractivity (Wildman–Crippen MR) is 341 cm³/mol. The molecule has 458 valence electrons. The van der Waals surface area contributed by atoms with Gasteiger partial charge in [-0.25, -0.2) is 4.57 Å². The molecule has 0 aliphatic heterocycles. The van der Waals surface area contributed by atoms with Crippen LogP contribution in [0.4, 0.5) is 0 Å². The van der Waals surface area contributed by atoms with Crippen molar-refractivity contribution >= 4 is 13.7 Å². The summed E-state index contributed by atoms with van der Waals surface area (Å²) in [6.07, 6.45) is 82.1. The van der Waals surface area contributed by atoms with Crippen molar-refractivity contribution in [3.8, 4) is 0 Å². The third-order valence-corrected chi connectivity index (χ3v) is 16.2. The number of aliphatic hydroxyl groups excluding tert-OH is 1. The summed E-state index contributed by atoms with van der Waals surface area (Å²) >= 11 is 0. The molecular formula is C69H132N2O6P+. The van der Waals surface area contributed by atoms with Crippen LogP contribution in [0, 0.1) is 0 Å². The highest BCUT2D eigenvalue weighted by Gasteiger charge is 2.28. The maximum absolute atomic E-state index is 13.0. The molecule has 0 aliphatic rings. The van der Waals surface area contributed by atoms with Crippen molar-refractivity contribution in [1.82, 2.24) is 5.32 Å². The fourth-order valence-corrected chi connectivity index (χ4v) is 10.8. The highest BCUT2D eigenvalue weighted by Crippen LogP contribution is 2.43. The first-order valence-corrected chi connectivity index (χ1v) is 35.2. The van der Waals surface area contributed by atoms with Crippen LogP contribution < -0.4 is 5.32 Å². The molecule has 0 aromatic rings. The van der Waals surface area contributed by atoms with Crippen molar-refractivity contribution in [2.75, 3.05) is 40.9 Å². The van der Waals surface area contributed by atoms with Gasteiger partial charge >= 0.3 is 7.82 Å². The standard InChI is InChI=1S/C69H131N2O6P/c1-6-8-10-12-14-16-18-20-22-24-26-28-30-31-32-33-34-35-36-37-38-39-41-43-45-47-49-51-53-55-57-59-61-63-69(73)70-67(66-77-78(74,75)76-65-64-71(3,4)5)68(72)62-60-58-56-54-52-50-48-46-44-42-40-29-27-25-23-21-19-17-15-13-11-9-7-2/h8,10,14,16,20,22,26,28,60,62,67-68,72H,6-7,9,11-13,15,17-19,21,23-25,27,29-59,61,63-66H2,1-5H3,(H-,70,73,74,75)/p+1/b10-8-,16-14-,22-20-,28-26-,62-60+. The molecule has 8 nitrogen and oxygen atoms in total. The third-order valence-electron chi connectivity index (χ3n) is 15.2. The van der Waals surface area contributed by atoms with Crippen LogP contribution in [0.5, 0.6) is 0 Å². The number of phosphoric acid groups is 1. The number of hydrogen-bond donors (Lipinski definition) is 3. The van der Waals surface area contributed by atoms with Gasteiger partial charge in [0, 0.05) is 6.42 Å². The number of nitrogens with zero attached hydrogens (tertiary/aromatic N) is 1. The van der Waals surface area contributed by atoms with Crippen molar-refractivity contribution in [2.45, 2.75) is 334 Å². The normalized spacial score (nSPS) is 14.1. The van der Waals surface area contributed by atoms with Gasteiger partial charge in [0.25, 0.3) is 0 Å². The van der Waals surface area contributed by atoms with E-state index >= 15 is 0 Å². The number of rotatable bonds is 62. The number of carbonyl (C=O) groups is 1. The van der Waals surface area contributed by atoms with Crippen molar-refractivity contribution < 1.29 is 32.9 Å². The zero-order valence-corrected chi connectivity index (χ0v) is 53.3. The lowest BCUT2D eigenvalue weighted by Gasteiger charge is -2.25. The Morgan fingerprint density at radius 3 is 1.13 bits per heavy atom. The lowest BCUT2D eigenvalue weighted by atomic mass is 10.0. The molecule has 1 amide bonds. The SMILES string of the molecule is CC/C=C\C/C=C\C/C=C\C/C=C\CCCCCCCCCCCCCCCCCCCCCCC(=O)NC(COP(=O)(O)OCC[N+](C)(C)C)C(O)/C=C/CCCCCCCCCCCCCCCCCCCCCCC. The Hall–Kier alpha value is -1.80. The van der Waals surface area contributed by atoms with Gasteiger partial charge < -0.3 is 19.8 Å². The first-order valence-electron chi connectivity index (χ1n) is 33.7. The molecule has 0 fully saturated rings. The molecule has 0 heterocycles. The van der Waals surface area contributed by atoms with E-state index in [1.807, 2.05) is 27.2 Å². The van der Waals surface area contributed by atoms with Crippen LogP contribution in [-0.4, -0.2) is 73.4 Å². The average Bonchev–Trinajstić information content (AvgIpc) is 3.41. The summed E-state index contributed by atoms with van der Waals surface area (Å²) in [5.41, 5.74) is 0. The van der Waals surface area contributed by atoms with Gasteiger partial charge in [0.05, 0.1) is 39.9 Å². The van der Waals surface area contributed by atoms with Crippen LogP contribution in [0.1, 0.15) is 322 Å². The molecule has 9 heteroatoms. The minimum atomic E-state index is -4.35. The van der Waals surface area contributed by atoms with E-state index in [-0.39, 0.29) is 19.1 Å². The maximum Gasteiger partial charge on any atom is 0.472 e. The maximum atomic E-state index is 13.0. The minimum absolute atomic E-state index is 0.0623. The van der Waals surface area contributed by atoms with Crippen LogP contribution in [-0.2, 0) is 18.4 Å². The topological polar surface area (TPSA) is 105 Å². The van der Waals surface area contributed by atoms with Crippen LogP contribution in [0.25, 0.3) is 0 Å². The lowest BCUT2D eigenvalue weighted by molar-refractivity contribution is -0.870. The molecule has 0 rings (SSSR count). The fourth-order valence-electron chi connectivity index (χ4n) is 10.0. The van der Waals surface area contributed by atoms with E-state index in [0.29, 0.717) is 17.4 Å². The van der Waals surface area contributed by atoms with Gasteiger partial charge in [0.1, 0.15) is 13.2 Å². The quantitative estimate of drug-likeness (QED) is 0.0243. The molecule has 0 bridgehead atoms. The van der Waals surface area contributed by atoms with Crippen LogP contribution >= 0.6 is 7.82 Å². The zero-order chi connectivity index (χ0) is 57.0. The zero-order valence-electron chi connectivity index (χ0n) is 52.4. The molecule has 0 spiro atoms. The van der Waals surface area contributed by atoms with E-state index < -0.39 is 20.0 Å². The second-order valence-corrected chi connectivity index (χ2v) is 25.6. The summed E-state index contributed by atoms with van der Waals surface area (Å²) < 4.78 is 23.8. The Balaban J connectivity index is 4.05. The Morgan fingerprint density at radius 1 is 0.449 bits per heavy atom. The Kier molecular flexibility index (Phi) is 58.4. The lowest BCUT2D eigenvalue weighted by Crippen LogP contribution is -2.45. The van der Waals surface area contributed by atoms with E-state index in [4.69, 9.17) is 9.05 Å². The summed E-state index contributed by atoms with van der Waals surface area (Å²) in [5.74, 6) is -0.172. The molecule has 0 aliphatic carbocycles. The molecule has 3 N–H and O–H groups in total.